The summed E-state index contributed by atoms with van der Waals surface area (Å²) in [4.78, 5) is 14.5. The van der Waals surface area contributed by atoms with Crippen LogP contribution in [0.5, 0.6) is 11.5 Å². The van der Waals surface area contributed by atoms with Gasteiger partial charge in [0.25, 0.3) is 5.91 Å². The number of carbonyl (C=O) groups excluding carboxylic acids is 1. The average Bonchev–Trinajstić information content (AvgIpc) is 2.96. The van der Waals surface area contributed by atoms with Gasteiger partial charge >= 0.3 is 0 Å². The minimum atomic E-state index is -0.0840. The monoisotopic (exact) mass is 289 g/mol. The van der Waals surface area contributed by atoms with Crippen molar-refractivity contribution < 1.29 is 14.6 Å². The van der Waals surface area contributed by atoms with Crippen LogP contribution in [0.15, 0.2) is 18.2 Å². The quantitative estimate of drug-likeness (QED) is 0.909. The molecule has 1 aromatic carbocycles. The number of likely N-dealkylation sites (tertiary alicyclic amines) is 1. The van der Waals surface area contributed by atoms with E-state index in [1.165, 1.54) is 32.8 Å². The highest BCUT2D eigenvalue weighted by atomic mass is 16.5. The molecule has 1 spiro atoms. The van der Waals surface area contributed by atoms with E-state index >= 15 is 0 Å². The molecule has 0 aromatic heterocycles. The Bertz CT molecular complexity index is 525. The Morgan fingerprint density at radius 3 is 2.48 bits per heavy atom. The van der Waals surface area contributed by atoms with Crippen molar-refractivity contribution >= 4 is 5.91 Å². The number of para-hydroxylation sites is 1. The fraction of sp³-hybridized carbons (Fsp3) is 0.588. The second-order valence-electron chi connectivity index (χ2n) is 6.36. The van der Waals surface area contributed by atoms with Gasteiger partial charge in [-0.1, -0.05) is 18.9 Å². The Morgan fingerprint density at radius 2 is 1.86 bits per heavy atom. The molecule has 0 radical (unpaired) electrons. The van der Waals surface area contributed by atoms with Crippen molar-refractivity contribution in [2.24, 2.45) is 5.41 Å². The van der Waals surface area contributed by atoms with Crippen LogP contribution < -0.4 is 4.74 Å². The van der Waals surface area contributed by atoms with E-state index in [9.17, 15) is 9.90 Å². The standard InChI is InChI=1S/C17H23NO3/c1-21-14-6-4-5-13(15(14)19)16(20)18-11-9-17(10-12-18)7-2-3-8-17/h4-6,19H,2-3,7-12H2,1H3. The fourth-order valence-corrected chi connectivity index (χ4v) is 3.84. The Kier molecular flexibility index (Phi) is 3.79. The summed E-state index contributed by atoms with van der Waals surface area (Å²) in [6.45, 7) is 1.60. The van der Waals surface area contributed by atoms with Crippen LogP contribution in [-0.2, 0) is 0 Å². The summed E-state index contributed by atoms with van der Waals surface area (Å²) < 4.78 is 5.08. The van der Waals surface area contributed by atoms with Gasteiger partial charge in [0, 0.05) is 13.1 Å². The van der Waals surface area contributed by atoms with Crippen molar-refractivity contribution in [3.8, 4) is 11.5 Å². The SMILES string of the molecule is COc1cccc(C(=O)N2CCC3(CCCC3)CC2)c1O. The van der Waals surface area contributed by atoms with E-state index in [0.717, 1.165) is 25.9 Å². The number of hydrogen-bond donors (Lipinski definition) is 1. The second-order valence-corrected chi connectivity index (χ2v) is 6.36. The normalized spacial score (nSPS) is 20.7. The first-order chi connectivity index (χ1) is 10.2. The van der Waals surface area contributed by atoms with Gasteiger partial charge < -0.3 is 14.7 Å². The third-order valence-electron chi connectivity index (χ3n) is 5.22. The van der Waals surface area contributed by atoms with Gasteiger partial charge in [-0.15, -0.1) is 0 Å². The summed E-state index contributed by atoms with van der Waals surface area (Å²) in [5.74, 6) is 0.218. The summed E-state index contributed by atoms with van der Waals surface area (Å²) in [7, 11) is 1.49. The second kappa shape index (κ2) is 5.58. The number of amides is 1. The van der Waals surface area contributed by atoms with Gasteiger partial charge in [-0.05, 0) is 43.2 Å². The summed E-state index contributed by atoms with van der Waals surface area (Å²) >= 11 is 0. The minimum absolute atomic E-state index is 0.0499. The first kappa shape index (κ1) is 14.2. The van der Waals surface area contributed by atoms with Gasteiger partial charge in [-0.3, -0.25) is 4.79 Å². The fourth-order valence-electron chi connectivity index (χ4n) is 3.84. The molecule has 114 valence electrons. The number of benzene rings is 1. The third kappa shape index (κ3) is 2.59. The first-order valence-corrected chi connectivity index (χ1v) is 7.80. The molecule has 1 aliphatic heterocycles. The van der Waals surface area contributed by atoms with Crippen LogP contribution in [0.3, 0.4) is 0 Å². The van der Waals surface area contributed by atoms with Gasteiger partial charge in [0.1, 0.15) is 0 Å². The highest BCUT2D eigenvalue weighted by Gasteiger charge is 2.38. The lowest BCUT2D eigenvalue weighted by Crippen LogP contribution is -2.42. The van der Waals surface area contributed by atoms with Crippen LogP contribution in [0.4, 0.5) is 0 Å². The molecule has 0 unspecified atom stereocenters. The van der Waals surface area contributed by atoms with Crippen molar-refractivity contribution in [3.05, 3.63) is 23.8 Å². The summed E-state index contributed by atoms with van der Waals surface area (Å²) in [5, 5.41) is 10.1. The molecule has 4 heteroatoms. The van der Waals surface area contributed by atoms with E-state index in [0.29, 0.717) is 16.7 Å². The average molecular weight is 289 g/mol. The van der Waals surface area contributed by atoms with E-state index in [2.05, 4.69) is 0 Å². The molecule has 1 heterocycles. The number of piperidine rings is 1. The molecule has 1 saturated heterocycles. The van der Waals surface area contributed by atoms with Crippen molar-refractivity contribution in [1.82, 2.24) is 4.90 Å². The van der Waals surface area contributed by atoms with Crippen LogP contribution in [-0.4, -0.2) is 36.1 Å². The smallest absolute Gasteiger partial charge is 0.257 e. The van der Waals surface area contributed by atoms with Gasteiger partial charge in [-0.25, -0.2) is 0 Å². The largest absolute Gasteiger partial charge is 0.504 e. The van der Waals surface area contributed by atoms with Crippen molar-refractivity contribution in [1.29, 1.82) is 0 Å². The predicted octanol–water partition coefficient (Wildman–Crippen LogP) is 3.20. The lowest BCUT2D eigenvalue weighted by atomic mass is 9.77. The van der Waals surface area contributed by atoms with Crippen LogP contribution in [0.25, 0.3) is 0 Å². The number of methoxy groups -OCH3 is 1. The van der Waals surface area contributed by atoms with E-state index in [1.807, 2.05) is 4.90 Å². The first-order valence-electron chi connectivity index (χ1n) is 7.80. The Balaban J connectivity index is 1.72. The van der Waals surface area contributed by atoms with E-state index in [4.69, 9.17) is 4.74 Å². The molecule has 2 aliphatic rings. The molecular weight excluding hydrogens is 266 g/mol. The van der Waals surface area contributed by atoms with Gasteiger partial charge in [-0.2, -0.15) is 0 Å². The number of ether oxygens (including phenoxy) is 1. The van der Waals surface area contributed by atoms with E-state index in [1.54, 1.807) is 18.2 Å². The minimum Gasteiger partial charge on any atom is -0.504 e. The van der Waals surface area contributed by atoms with E-state index in [-0.39, 0.29) is 11.7 Å². The lowest BCUT2D eigenvalue weighted by Gasteiger charge is -2.39. The maximum Gasteiger partial charge on any atom is 0.257 e. The Labute approximate surface area is 125 Å². The molecule has 3 rings (SSSR count). The molecule has 0 bridgehead atoms. The number of phenols is 1. The highest BCUT2D eigenvalue weighted by molar-refractivity contribution is 5.97. The Morgan fingerprint density at radius 1 is 1.19 bits per heavy atom. The zero-order chi connectivity index (χ0) is 14.9. The van der Waals surface area contributed by atoms with Gasteiger partial charge in [0.2, 0.25) is 0 Å². The molecule has 4 nitrogen and oxygen atoms in total. The summed E-state index contributed by atoms with van der Waals surface area (Å²) in [6, 6.07) is 5.07. The van der Waals surface area contributed by atoms with Crippen LogP contribution in [0.2, 0.25) is 0 Å². The number of carbonyl (C=O) groups is 1. The van der Waals surface area contributed by atoms with E-state index < -0.39 is 0 Å². The Hall–Kier alpha value is -1.71. The lowest BCUT2D eigenvalue weighted by molar-refractivity contribution is 0.0584. The molecule has 21 heavy (non-hydrogen) atoms. The topological polar surface area (TPSA) is 49.8 Å². The molecule has 2 fully saturated rings. The third-order valence-corrected chi connectivity index (χ3v) is 5.22. The number of rotatable bonds is 2. The maximum absolute atomic E-state index is 12.6. The zero-order valence-corrected chi connectivity index (χ0v) is 12.6. The van der Waals surface area contributed by atoms with Crippen LogP contribution in [0, 0.1) is 5.41 Å². The molecule has 1 saturated carbocycles. The molecule has 1 amide bonds. The van der Waals surface area contributed by atoms with Gasteiger partial charge in [0.05, 0.1) is 12.7 Å². The number of nitrogens with zero attached hydrogens (tertiary/aromatic N) is 1. The molecule has 1 aliphatic carbocycles. The number of phenolic OH excluding ortho intramolecular Hbond substituents is 1. The molecule has 0 atom stereocenters. The van der Waals surface area contributed by atoms with Crippen LogP contribution in [0.1, 0.15) is 48.9 Å². The number of hydrogen-bond acceptors (Lipinski definition) is 3. The molecule has 1 aromatic rings. The summed E-state index contributed by atoms with van der Waals surface area (Å²) in [6.07, 6.45) is 7.51. The number of aromatic hydroxyl groups is 1. The molecule has 1 N–H and O–H groups in total. The van der Waals surface area contributed by atoms with Crippen molar-refractivity contribution in [3.63, 3.8) is 0 Å². The predicted molar refractivity (Wildman–Crippen MR) is 80.7 cm³/mol. The highest BCUT2D eigenvalue weighted by Crippen LogP contribution is 2.46. The van der Waals surface area contributed by atoms with Gasteiger partial charge in [0.15, 0.2) is 11.5 Å². The molecular formula is C17H23NO3. The van der Waals surface area contributed by atoms with Crippen molar-refractivity contribution in [2.45, 2.75) is 38.5 Å². The summed E-state index contributed by atoms with van der Waals surface area (Å²) in [5.41, 5.74) is 0.837. The van der Waals surface area contributed by atoms with Crippen LogP contribution >= 0.6 is 0 Å². The maximum atomic E-state index is 12.6. The van der Waals surface area contributed by atoms with Crippen molar-refractivity contribution in [2.75, 3.05) is 20.2 Å². The zero-order valence-electron chi connectivity index (χ0n) is 12.6.